The van der Waals surface area contributed by atoms with Crippen molar-refractivity contribution in [1.29, 1.82) is 0 Å². The second-order valence-electron chi connectivity index (χ2n) is 3.49. The average molecular weight is 156 g/mol. The Labute approximate surface area is 69.9 Å². The Morgan fingerprint density at radius 2 is 1.91 bits per heavy atom. The summed E-state index contributed by atoms with van der Waals surface area (Å²) >= 11 is 0. The Kier molecular flexibility index (Phi) is 3.87. The summed E-state index contributed by atoms with van der Waals surface area (Å²) < 4.78 is 0. The summed E-state index contributed by atoms with van der Waals surface area (Å²) in [7, 11) is 0. The maximum absolute atomic E-state index is 3.50. The van der Waals surface area contributed by atoms with E-state index >= 15 is 0 Å². The molecular weight excluding hydrogens is 136 g/mol. The van der Waals surface area contributed by atoms with Gasteiger partial charge in [0.2, 0.25) is 0 Å². The number of nitrogens with one attached hydrogen (secondary N) is 1. The quantitative estimate of drug-likeness (QED) is 0.670. The molecule has 1 heterocycles. The summed E-state index contributed by atoms with van der Waals surface area (Å²) in [5, 5.41) is 2.37. The highest BCUT2D eigenvalue weighted by molar-refractivity contribution is 4.63. The average Bonchev–Trinajstić information content (AvgIpc) is 2.06. The van der Waals surface area contributed by atoms with E-state index in [2.05, 4.69) is 24.3 Å². The Bertz CT molecular complexity index is 97.7. The third kappa shape index (κ3) is 3.21. The van der Waals surface area contributed by atoms with E-state index in [4.69, 9.17) is 0 Å². The van der Waals surface area contributed by atoms with Gasteiger partial charge in [0.25, 0.3) is 0 Å². The van der Waals surface area contributed by atoms with Gasteiger partial charge in [-0.05, 0) is 26.2 Å². The van der Waals surface area contributed by atoms with Crippen molar-refractivity contribution in [1.82, 2.24) is 10.4 Å². The molecule has 0 radical (unpaired) electrons. The maximum Gasteiger partial charge on any atom is 0.0184 e. The minimum Gasteiger partial charge on any atom is -0.252 e. The van der Waals surface area contributed by atoms with Gasteiger partial charge in [0.15, 0.2) is 0 Å². The highest BCUT2D eigenvalue weighted by Gasteiger charge is 2.10. The van der Waals surface area contributed by atoms with Crippen molar-refractivity contribution < 1.29 is 0 Å². The highest BCUT2D eigenvalue weighted by Crippen LogP contribution is 2.06. The number of hydrazine groups is 1. The fraction of sp³-hybridized carbons (Fsp3) is 1.00. The van der Waals surface area contributed by atoms with Gasteiger partial charge >= 0.3 is 0 Å². The zero-order valence-corrected chi connectivity index (χ0v) is 7.77. The first-order chi connectivity index (χ1) is 5.33. The van der Waals surface area contributed by atoms with Crippen LogP contribution in [0.5, 0.6) is 0 Å². The minimum atomic E-state index is 0.646. The molecule has 66 valence electrons. The molecule has 1 saturated heterocycles. The molecule has 0 aliphatic carbocycles. The first-order valence-corrected chi connectivity index (χ1v) is 4.84. The van der Waals surface area contributed by atoms with Crippen LogP contribution in [-0.4, -0.2) is 24.1 Å². The van der Waals surface area contributed by atoms with E-state index in [0.717, 1.165) is 0 Å². The molecule has 0 amide bonds. The molecule has 0 aromatic carbocycles. The molecule has 2 heteroatoms. The first-order valence-electron chi connectivity index (χ1n) is 4.84. The van der Waals surface area contributed by atoms with E-state index in [9.17, 15) is 0 Å². The van der Waals surface area contributed by atoms with Crippen molar-refractivity contribution in [3.05, 3.63) is 0 Å². The number of hydrogen-bond acceptors (Lipinski definition) is 2. The molecule has 1 atom stereocenters. The van der Waals surface area contributed by atoms with Crippen LogP contribution in [0, 0.1) is 0 Å². The molecule has 2 nitrogen and oxygen atoms in total. The standard InChI is InChI=1S/C9H20N2/c1-3-9(2)10-11-7-5-4-6-8-11/h9-10H,3-8H2,1-2H3. The van der Waals surface area contributed by atoms with Crippen molar-refractivity contribution in [2.24, 2.45) is 0 Å². The summed E-state index contributed by atoms with van der Waals surface area (Å²) in [5.74, 6) is 0. The van der Waals surface area contributed by atoms with Gasteiger partial charge in [-0.25, -0.2) is 5.01 Å². The summed E-state index contributed by atoms with van der Waals surface area (Å²) in [4.78, 5) is 0. The van der Waals surface area contributed by atoms with Gasteiger partial charge in [-0.15, -0.1) is 0 Å². The van der Waals surface area contributed by atoms with Crippen molar-refractivity contribution in [2.45, 2.75) is 45.6 Å². The van der Waals surface area contributed by atoms with E-state index in [1.54, 1.807) is 0 Å². The number of hydrogen-bond donors (Lipinski definition) is 1. The lowest BCUT2D eigenvalue weighted by Crippen LogP contribution is -2.45. The lowest BCUT2D eigenvalue weighted by molar-refractivity contribution is 0.131. The van der Waals surface area contributed by atoms with Crippen LogP contribution in [0.25, 0.3) is 0 Å². The van der Waals surface area contributed by atoms with Crippen molar-refractivity contribution in [3.8, 4) is 0 Å². The zero-order chi connectivity index (χ0) is 8.10. The Morgan fingerprint density at radius 3 is 2.45 bits per heavy atom. The SMILES string of the molecule is CCC(C)NN1CCCCC1. The maximum atomic E-state index is 3.50. The van der Waals surface area contributed by atoms with Crippen LogP contribution >= 0.6 is 0 Å². The molecule has 1 aliphatic heterocycles. The van der Waals surface area contributed by atoms with Crippen LogP contribution in [0.2, 0.25) is 0 Å². The first kappa shape index (κ1) is 9.01. The molecule has 0 spiro atoms. The summed E-state index contributed by atoms with van der Waals surface area (Å²) in [6, 6.07) is 0.646. The second-order valence-corrected chi connectivity index (χ2v) is 3.49. The fourth-order valence-electron chi connectivity index (χ4n) is 1.43. The van der Waals surface area contributed by atoms with Gasteiger partial charge in [-0.1, -0.05) is 13.3 Å². The molecule has 11 heavy (non-hydrogen) atoms. The molecule has 0 aromatic rings. The Balaban J connectivity index is 2.13. The van der Waals surface area contributed by atoms with Crippen molar-refractivity contribution >= 4 is 0 Å². The van der Waals surface area contributed by atoms with Crippen LogP contribution in [0.15, 0.2) is 0 Å². The normalized spacial score (nSPS) is 23.5. The van der Waals surface area contributed by atoms with E-state index in [0.29, 0.717) is 6.04 Å². The molecule has 1 aliphatic rings. The molecule has 1 rings (SSSR count). The largest absolute Gasteiger partial charge is 0.252 e. The molecule has 1 N–H and O–H groups in total. The molecule has 0 saturated carbocycles. The minimum absolute atomic E-state index is 0.646. The van der Waals surface area contributed by atoms with Gasteiger partial charge in [-0.2, -0.15) is 0 Å². The smallest absolute Gasteiger partial charge is 0.0184 e. The van der Waals surface area contributed by atoms with E-state index in [-0.39, 0.29) is 0 Å². The van der Waals surface area contributed by atoms with Gasteiger partial charge in [0.1, 0.15) is 0 Å². The van der Waals surface area contributed by atoms with Crippen LogP contribution in [-0.2, 0) is 0 Å². The highest BCUT2D eigenvalue weighted by atomic mass is 15.5. The third-order valence-electron chi connectivity index (χ3n) is 2.37. The summed E-state index contributed by atoms with van der Waals surface area (Å²) in [6.07, 6.45) is 5.36. The molecular formula is C9H20N2. The fourth-order valence-corrected chi connectivity index (χ4v) is 1.43. The Morgan fingerprint density at radius 1 is 1.27 bits per heavy atom. The third-order valence-corrected chi connectivity index (χ3v) is 2.37. The van der Waals surface area contributed by atoms with Crippen LogP contribution in [0.3, 0.4) is 0 Å². The van der Waals surface area contributed by atoms with E-state index < -0.39 is 0 Å². The number of piperidine rings is 1. The summed E-state index contributed by atoms with van der Waals surface area (Å²) in [5.41, 5.74) is 3.50. The monoisotopic (exact) mass is 156 g/mol. The Hall–Kier alpha value is -0.0800. The van der Waals surface area contributed by atoms with E-state index in [1.165, 1.54) is 38.8 Å². The topological polar surface area (TPSA) is 15.3 Å². The lowest BCUT2D eigenvalue weighted by atomic mass is 10.2. The van der Waals surface area contributed by atoms with Gasteiger partial charge in [-0.3, -0.25) is 5.43 Å². The summed E-state index contributed by atoms with van der Waals surface area (Å²) in [6.45, 7) is 6.95. The van der Waals surface area contributed by atoms with Gasteiger partial charge in [0.05, 0.1) is 0 Å². The molecule has 0 bridgehead atoms. The van der Waals surface area contributed by atoms with Gasteiger partial charge < -0.3 is 0 Å². The lowest BCUT2D eigenvalue weighted by Gasteiger charge is -2.29. The molecule has 0 aromatic heterocycles. The predicted molar refractivity (Wildman–Crippen MR) is 48.3 cm³/mol. The molecule has 1 unspecified atom stereocenters. The van der Waals surface area contributed by atoms with Crippen LogP contribution < -0.4 is 5.43 Å². The predicted octanol–water partition coefficient (Wildman–Crippen LogP) is 1.78. The number of nitrogens with zero attached hydrogens (tertiary/aromatic N) is 1. The molecule has 1 fully saturated rings. The van der Waals surface area contributed by atoms with E-state index in [1.807, 2.05) is 0 Å². The van der Waals surface area contributed by atoms with Crippen LogP contribution in [0.1, 0.15) is 39.5 Å². The zero-order valence-electron chi connectivity index (χ0n) is 7.77. The van der Waals surface area contributed by atoms with Crippen molar-refractivity contribution in [2.75, 3.05) is 13.1 Å². The van der Waals surface area contributed by atoms with Crippen molar-refractivity contribution in [3.63, 3.8) is 0 Å². The second kappa shape index (κ2) is 4.73. The number of rotatable bonds is 3. The van der Waals surface area contributed by atoms with Gasteiger partial charge in [0, 0.05) is 19.1 Å². The van der Waals surface area contributed by atoms with Crippen LogP contribution in [0.4, 0.5) is 0 Å².